The van der Waals surface area contributed by atoms with Crippen LogP contribution in [0.2, 0.25) is 5.02 Å². The minimum atomic E-state index is -0.190. The fraction of sp³-hybridized carbons (Fsp3) is 0.200. The van der Waals surface area contributed by atoms with E-state index in [1.54, 1.807) is 12.5 Å². The summed E-state index contributed by atoms with van der Waals surface area (Å²) in [6.45, 7) is 2.54. The van der Waals surface area contributed by atoms with Crippen LogP contribution in [0.25, 0.3) is 0 Å². The van der Waals surface area contributed by atoms with Gasteiger partial charge < -0.3 is 15.4 Å². The molecule has 0 fully saturated rings. The van der Waals surface area contributed by atoms with Gasteiger partial charge in [0.05, 0.1) is 12.8 Å². The van der Waals surface area contributed by atoms with E-state index in [1.165, 1.54) is 11.3 Å². The maximum Gasteiger partial charge on any atom is 0.270 e. The molecule has 1 heterocycles. The molecule has 0 saturated carbocycles. The van der Waals surface area contributed by atoms with Gasteiger partial charge in [0.2, 0.25) is 0 Å². The maximum absolute atomic E-state index is 12.3. The standard InChI is InChI=1S/C20H20ClN3O2S/c1-13-3-8-18(26-2)16(11-13)23-20-24-17(12-27-20)19(25)22-10-9-14-4-6-15(21)7-5-14/h3-8,11-12H,9-10H2,1-2H3,(H,22,25)(H,23,24). The molecule has 0 bridgehead atoms. The molecule has 0 aliphatic rings. The Morgan fingerprint density at radius 1 is 1.22 bits per heavy atom. The number of hydrogen-bond donors (Lipinski definition) is 2. The first-order chi connectivity index (χ1) is 13.0. The van der Waals surface area contributed by atoms with Crippen LogP contribution in [0.15, 0.2) is 47.8 Å². The number of halogens is 1. The van der Waals surface area contributed by atoms with Gasteiger partial charge in [0.15, 0.2) is 5.13 Å². The van der Waals surface area contributed by atoms with Gasteiger partial charge in [-0.2, -0.15) is 0 Å². The lowest BCUT2D eigenvalue weighted by molar-refractivity contribution is 0.0950. The van der Waals surface area contributed by atoms with Gasteiger partial charge in [-0.25, -0.2) is 4.98 Å². The fourth-order valence-corrected chi connectivity index (χ4v) is 3.36. The highest BCUT2D eigenvalue weighted by Crippen LogP contribution is 2.29. The number of rotatable bonds is 7. The Bertz CT molecular complexity index is 925. The van der Waals surface area contributed by atoms with Crippen molar-refractivity contribution in [3.8, 4) is 5.75 Å². The Kier molecular flexibility index (Phi) is 6.32. The summed E-state index contributed by atoms with van der Waals surface area (Å²) in [5, 5.41) is 9.19. The van der Waals surface area contributed by atoms with E-state index in [9.17, 15) is 4.79 Å². The molecule has 7 heteroatoms. The van der Waals surface area contributed by atoms with Crippen LogP contribution in [0.4, 0.5) is 10.8 Å². The number of nitrogens with one attached hydrogen (secondary N) is 2. The molecular formula is C20H20ClN3O2S. The van der Waals surface area contributed by atoms with Crippen molar-refractivity contribution in [1.29, 1.82) is 0 Å². The zero-order chi connectivity index (χ0) is 19.2. The van der Waals surface area contributed by atoms with E-state index in [0.29, 0.717) is 22.4 Å². The lowest BCUT2D eigenvalue weighted by Crippen LogP contribution is -2.25. The predicted octanol–water partition coefficient (Wildman–Crippen LogP) is 4.83. The number of benzene rings is 2. The number of anilines is 2. The first-order valence-electron chi connectivity index (χ1n) is 8.45. The molecule has 2 N–H and O–H groups in total. The second-order valence-electron chi connectivity index (χ2n) is 6.00. The van der Waals surface area contributed by atoms with Crippen LogP contribution in [0.1, 0.15) is 21.6 Å². The zero-order valence-corrected chi connectivity index (χ0v) is 16.7. The zero-order valence-electron chi connectivity index (χ0n) is 15.1. The van der Waals surface area contributed by atoms with Crippen molar-refractivity contribution in [1.82, 2.24) is 10.3 Å². The van der Waals surface area contributed by atoms with Crippen molar-refractivity contribution in [2.75, 3.05) is 19.0 Å². The third-order valence-corrected chi connectivity index (χ3v) is 4.96. The summed E-state index contributed by atoms with van der Waals surface area (Å²) in [6, 6.07) is 13.4. The summed E-state index contributed by atoms with van der Waals surface area (Å²) in [7, 11) is 1.62. The molecule has 5 nitrogen and oxygen atoms in total. The largest absolute Gasteiger partial charge is 0.495 e. The highest BCUT2D eigenvalue weighted by Gasteiger charge is 2.12. The van der Waals surface area contributed by atoms with Crippen LogP contribution in [0, 0.1) is 6.92 Å². The SMILES string of the molecule is COc1ccc(C)cc1Nc1nc(C(=O)NCCc2ccc(Cl)cc2)cs1. The topological polar surface area (TPSA) is 63.2 Å². The summed E-state index contributed by atoms with van der Waals surface area (Å²) in [5.74, 6) is 0.536. The number of hydrogen-bond acceptors (Lipinski definition) is 5. The summed E-state index contributed by atoms with van der Waals surface area (Å²) >= 11 is 7.25. The molecule has 1 amide bonds. The van der Waals surface area contributed by atoms with Gasteiger partial charge in [-0.1, -0.05) is 29.8 Å². The lowest BCUT2D eigenvalue weighted by atomic mass is 10.1. The minimum absolute atomic E-state index is 0.190. The van der Waals surface area contributed by atoms with Gasteiger partial charge in [-0.3, -0.25) is 4.79 Å². The van der Waals surface area contributed by atoms with Crippen LogP contribution in [0.3, 0.4) is 0 Å². The first kappa shape index (κ1) is 19.2. The number of carbonyl (C=O) groups is 1. The quantitative estimate of drug-likeness (QED) is 0.595. The molecule has 3 rings (SSSR count). The maximum atomic E-state index is 12.3. The Balaban J connectivity index is 1.57. The van der Waals surface area contributed by atoms with Gasteiger partial charge in [0.25, 0.3) is 5.91 Å². The van der Waals surface area contributed by atoms with E-state index >= 15 is 0 Å². The van der Waals surface area contributed by atoms with E-state index < -0.39 is 0 Å². The van der Waals surface area contributed by atoms with Crippen LogP contribution in [-0.2, 0) is 6.42 Å². The first-order valence-corrected chi connectivity index (χ1v) is 9.71. The van der Waals surface area contributed by atoms with E-state index in [-0.39, 0.29) is 5.91 Å². The average molecular weight is 402 g/mol. The van der Waals surface area contributed by atoms with Gasteiger partial charge in [0.1, 0.15) is 11.4 Å². The minimum Gasteiger partial charge on any atom is -0.495 e. The number of methoxy groups -OCH3 is 1. The number of aromatic nitrogens is 1. The van der Waals surface area contributed by atoms with E-state index in [2.05, 4.69) is 15.6 Å². The molecule has 0 unspecified atom stereocenters. The van der Waals surface area contributed by atoms with Crippen molar-refractivity contribution < 1.29 is 9.53 Å². The lowest BCUT2D eigenvalue weighted by Gasteiger charge is -2.09. The Hall–Kier alpha value is -2.57. The smallest absolute Gasteiger partial charge is 0.270 e. The molecule has 1 aromatic heterocycles. The van der Waals surface area contributed by atoms with E-state index in [4.69, 9.17) is 16.3 Å². The average Bonchev–Trinajstić information content (AvgIpc) is 3.12. The number of aryl methyl sites for hydroxylation is 1. The number of nitrogens with zero attached hydrogens (tertiary/aromatic N) is 1. The van der Waals surface area contributed by atoms with Gasteiger partial charge >= 0.3 is 0 Å². The summed E-state index contributed by atoms with van der Waals surface area (Å²) in [5.41, 5.74) is 3.44. The number of thiazole rings is 1. The van der Waals surface area contributed by atoms with Crippen LogP contribution >= 0.6 is 22.9 Å². The highest BCUT2D eigenvalue weighted by molar-refractivity contribution is 7.14. The van der Waals surface area contributed by atoms with Crippen LogP contribution in [0.5, 0.6) is 5.75 Å². The third-order valence-electron chi connectivity index (χ3n) is 3.95. The highest BCUT2D eigenvalue weighted by atomic mass is 35.5. The van der Waals surface area contributed by atoms with Crippen molar-refractivity contribution in [3.63, 3.8) is 0 Å². The van der Waals surface area contributed by atoms with Crippen molar-refractivity contribution in [2.24, 2.45) is 0 Å². The Morgan fingerprint density at radius 2 is 2.00 bits per heavy atom. The molecule has 0 aliphatic carbocycles. The molecule has 27 heavy (non-hydrogen) atoms. The number of carbonyl (C=O) groups excluding carboxylic acids is 1. The Labute approximate surface area is 167 Å². The van der Waals surface area contributed by atoms with E-state index in [0.717, 1.165) is 29.0 Å². The van der Waals surface area contributed by atoms with Crippen molar-refractivity contribution in [2.45, 2.75) is 13.3 Å². The molecule has 0 radical (unpaired) electrons. The molecule has 3 aromatic rings. The normalized spacial score (nSPS) is 10.5. The Morgan fingerprint density at radius 3 is 2.74 bits per heavy atom. The molecule has 0 saturated heterocycles. The second kappa shape index (κ2) is 8.88. The molecule has 0 aliphatic heterocycles. The summed E-state index contributed by atoms with van der Waals surface area (Å²) < 4.78 is 5.36. The fourth-order valence-electron chi connectivity index (χ4n) is 2.53. The van der Waals surface area contributed by atoms with Crippen molar-refractivity contribution >= 4 is 39.7 Å². The molecule has 2 aromatic carbocycles. The molecular weight excluding hydrogens is 382 g/mol. The summed E-state index contributed by atoms with van der Waals surface area (Å²) in [6.07, 6.45) is 0.735. The third kappa shape index (κ3) is 5.21. The number of ether oxygens (including phenoxy) is 1. The van der Waals surface area contributed by atoms with Gasteiger partial charge in [-0.05, 0) is 48.7 Å². The molecule has 0 spiro atoms. The number of amides is 1. The van der Waals surface area contributed by atoms with Crippen LogP contribution in [-0.4, -0.2) is 24.5 Å². The van der Waals surface area contributed by atoms with Crippen molar-refractivity contribution in [3.05, 3.63) is 69.7 Å². The summed E-state index contributed by atoms with van der Waals surface area (Å²) in [4.78, 5) is 16.7. The van der Waals surface area contributed by atoms with Gasteiger partial charge in [-0.15, -0.1) is 11.3 Å². The monoisotopic (exact) mass is 401 g/mol. The molecule has 140 valence electrons. The van der Waals surface area contributed by atoms with Gasteiger partial charge in [0, 0.05) is 16.9 Å². The van der Waals surface area contributed by atoms with E-state index in [1.807, 2.05) is 49.4 Å². The second-order valence-corrected chi connectivity index (χ2v) is 7.29. The van der Waals surface area contributed by atoms with Crippen LogP contribution < -0.4 is 15.4 Å². The molecule has 0 atom stereocenters. The predicted molar refractivity (Wildman–Crippen MR) is 111 cm³/mol.